The Hall–Kier alpha value is -1.42. The topological polar surface area (TPSA) is 89.9 Å². The molecule has 1 aliphatic rings. The highest BCUT2D eigenvalue weighted by Crippen LogP contribution is 2.62. The summed E-state index contributed by atoms with van der Waals surface area (Å²) in [5, 5.41) is 2.43. The van der Waals surface area contributed by atoms with E-state index in [0.717, 1.165) is 31.7 Å². The number of rotatable bonds is 9. The van der Waals surface area contributed by atoms with Crippen LogP contribution in [0.5, 0.6) is 0 Å². The molecule has 0 saturated heterocycles. The fourth-order valence-electron chi connectivity index (χ4n) is 3.80. The highest BCUT2D eigenvalue weighted by molar-refractivity contribution is 8.25. The van der Waals surface area contributed by atoms with E-state index in [1.165, 1.54) is 0 Å². The van der Waals surface area contributed by atoms with Crippen molar-refractivity contribution in [1.29, 1.82) is 0 Å². The van der Waals surface area contributed by atoms with E-state index in [1.54, 1.807) is 42.5 Å². The van der Waals surface area contributed by atoms with Crippen molar-refractivity contribution in [2.75, 3.05) is 31.9 Å². The van der Waals surface area contributed by atoms with E-state index in [0.29, 0.717) is 17.0 Å². The van der Waals surface area contributed by atoms with Gasteiger partial charge in [-0.05, 0) is 42.4 Å². The lowest BCUT2D eigenvalue weighted by atomic mass is 10.1. The molecule has 0 radical (unpaired) electrons. The van der Waals surface area contributed by atoms with Crippen LogP contribution in [0.1, 0.15) is 30.2 Å². The molecule has 0 spiro atoms. The zero-order valence-electron chi connectivity index (χ0n) is 16.9. The molecule has 1 atom stereocenters. The number of hydrogen-bond acceptors (Lipinski definition) is 6. The van der Waals surface area contributed by atoms with Crippen LogP contribution in [0.25, 0.3) is 0 Å². The molecule has 3 N–H and O–H groups in total. The van der Waals surface area contributed by atoms with Gasteiger partial charge in [-0.15, -0.1) is 0 Å². The molecule has 1 aliphatic heterocycles. The second-order valence-corrected chi connectivity index (χ2v) is 11.4. The molecular weight excluding hydrogens is 408 g/mol. The van der Waals surface area contributed by atoms with E-state index in [9.17, 15) is 17.5 Å². The van der Waals surface area contributed by atoms with Gasteiger partial charge < -0.3 is 10.2 Å². The summed E-state index contributed by atoms with van der Waals surface area (Å²) >= 11 is 0. The molecular formula is C21H30N2O4S2. The molecule has 2 aromatic rings. The monoisotopic (exact) mass is 438 g/mol. The van der Waals surface area contributed by atoms with Gasteiger partial charge in [0.05, 0.1) is 15.5 Å². The Balaban J connectivity index is 1.88. The van der Waals surface area contributed by atoms with Crippen molar-refractivity contribution in [2.24, 2.45) is 0 Å². The third-order valence-electron chi connectivity index (χ3n) is 5.48. The lowest BCUT2D eigenvalue weighted by Gasteiger charge is -2.27. The summed E-state index contributed by atoms with van der Waals surface area (Å²) in [5.41, 5.74) is 1.36. The van der Waals surface area contributed by atoms with Crippen molar-refractivity contribution in [1.82, 2.24) is 10.2 Å². The van der Waals surface area contributed by atoms with Crippen molar-refractivity contribution in [3.8, 4) is 0 Å². The highest BCUT2D eigenvalue weighted by Gasteiger charge is 2.44. The predicted molar refractivity (Wildman–Crippen MR) is 118 cm³/mol. The highest BCUT2D eigenvalue weighted by atomic mass is 32.3. The van der Waals surface area contributed by atoms with Gasteiger partial charge in [-0.2, -0.15) is 10.6 Å². The second-order valence-electron chi connectivity index (χ2n) is 7.21. The molecule has 0 bridgehead atoms. The SMILES string of the molecule is CCN(CC)CCNCc1cccc2c1C(S(=O)(=O)c1ccccc1)CS2(O)O. The minimum absolute atomic E-state index is 0.185. The van der Waals surface area contributed by atoms with Crippen molar-refractivity contribution < 1.29 is 17.5 Å². The van der Waals surface area contributed by atoms with Crippen LogP contribution in [0.2, 0.25) is 0 Å². The summed E-state index contributed by atoms with van der Waals surface area (Å²) in [6, 6.07) is 13.5. The maximum Gasteiger partial charge on any atom is 0.187 e. The van der Waals surface area contributed by atoms with Gasteiger partial charge in [0.15, 0.2) is 9.84 Å². The van der Waals surface area contributed by atoms with Crippen LogP contribution in [0.15, 0.2) is 58.3 Å². The van der Waals surface area contributed by atoms with Crippen molar-refractivity contribution in [2.45, 2.75) is 35.4 Å². The Morgan fingerprint density at radius 1 is 1.07 bits per heavy atom. The molecule has 0 aliphatic carbocycles. The lowest BCUT2D eigenvalue weighted by molar-refractivity contribution is 0.302. The number of benzene rings is 2. The van der Waals surface area contributed by atoms with Gasteiger partial charge in [0.1, 0.15) is 5.25 Å². The lowest BCUT2D eigenvalue weighted by Crippen LogP contribution is -2.31. The van der Waals surface area contributed by atoms with Gasteiger partial charge in [0, 0.05) is 19.6 Å². The van der Waals surface area contributed by atoms with E-state index in [-0.39, 0.29) is 10.6 Å². The Morgan fingerprint density at radius 3 is 2.41 bits per heavy atom. The molecule has 3 rings (SSSR count). The van der Waals surface area contributed by atoms with Crippen molar-refractivity contribution in [3.63, 3.8) is 0 Å². The molecule has 0 amide bonds. The average Bonchev–Trinajstić information content (AvgIpc) is 3.01. The third kappa shape index (κ3) is 4.68. The van der Waals surface area contributed by atoms with E-state index < -0.39 is 25.7 Å². The third-order valence-corrected chi connectivity index (χ3v) is 9.63. The number of hydrogen-bond donors (Lipinski definition) is 3. The van der Waals surface area contributed by atoms with Crippen LogP contribution < -0.4 is 5.32 Å². The Bertz CT molecular complexity index is 929. The van der Waals surface area contributed by atoms with E-state index in [2.05, 4.69) is 24.1 Å². The number of sulfone groups is 1. The minimum Gasteiger partial charge on any atom is -0.311 e. The molecule has 6 nitrogen and oxygen atoms in total. The Morgan fingerprint density at radius 2 is 1.76 bits per heavy atom. The number of likely N-dealkylation sites (N-methyl/N-ethyl adjacent to an activating group) is 1. The van der Waals surface area contributed by atoms with Crippen LogP contribution in [-0.4, -0.2) is 54.4 Å². The zero-order chi connectivity index (χ0) is 21.1. The molecule has 0 aromatic heterocycles. The van der Waals surface area contributed by atoms with Gasteiger partial charge in [-0.3, -0.25) is 9.11 Å². The quantitative estimate of drug-likeness (QED) is 0.517. The van der Waals surface area contributed by atoms with Gasteiger partial charge >= 0.3 is 0 Å². The van der Waals surface area contributed by atoms with Crippen LogP contribution in [0.3, 0.4) is 0 Å². The standard InChI is InChI=1S/C21H30N2O4S2/c1-3-23(4-2)14-13-22-15-17-9-8-12-19-21(17)20(16-28(19,24)25)29(26,27)18-10-6-5-7-11-18/h5-12,20,22,24-25H,3-4,13-16H2,1-2H3. The smallest absolute Gasteiger partial charge is 0.187 e. The molecule has 1 unspecified atom stereocenters. The van der Waals surface area contributed by atoms with Crippen LogP contribution in [0, 0.1) is 0 Å². The Labute approximate surface area is 175 Å². The first-order valence-electron chi connectivity index (χ1n) is 9.91. The largest absolute Gasteiger partial charge is 0.311 e. The average molecular weight is 439 g/mol. The Kier molecular flexibility index (Phi) is 7.03. The fourth-order valence-corrected chi connectivity index (χ4v) is 8.30. The van der Waals surface area contributed by atoms with Crippen molar-refractivity contribution in [3.05, 3.63) is 59.7 Å². The second kappa shape index (κ2) is 9.16. The van der Waals surface area contributed by atoms with Gasteiger partial charge in [-0.1, -0.05) is 44.2 Å². The zero-order valence-corrected chi connectivity index (χ0v) is 18.5. The molecule has 2 aromatic carbocycles. The van der Waals surface area contributed by atoms with Crippen molar-refractivity contribution >= 4 is 20.4 Å². The molecule has 8 heteroatoms. The summed E-state index contributed by atoms with van der Waals surface area (Å²) in [6.45, 7) is 8.38. The summed E-state index contributed by atoms with van der Waals surface area (Å²) in [6.07, 6.45) is 0. The predicted octanol–water partition coefficient (Wildman–Crippen LogP) is 3.76. The van der Waals surface area contributed by atoms with Crippen LogP contribution in [0.4, 0.5) is 0 Å². The van der Waals surface area contributed by atoms with E-state index in [1.807, 2.05) is 6.07 Å². The molecule has 160 valence electrons. The first kappa shape index (κ1) is 22.3. The molecule has 0 saturated carbocycles. The maximum atomic E-state index is 13.3. The van der Waals surface area contributed by atoms with Gasteiger partial charge in [-0.25, -0.2) is 8.42 Å². The summed E-state index contributed by atoms with van der Waals surface area (Å²) in [7, 11) is -6.87. The number of fused-ring (bicyclic) bond motifs is 1. The minimum atomic E-state index is -3.73. The van der Waals surface area contributed by atoms with E-state index in [4.69, 9.17) is 0 Å². The summed E-state index contributed by atoms with van der Waals surface area (Å²) in [4.78, 5) is 2.88. The van der Waals surface area contributed by atoms with Gasteiger partial charge in [0.2, 0.25) is 0 Å². The first-order chi connectivity index (χ1) is 13.8. The van der Waals surface area contributed by atoms with E-state index >= 15 is 0 Å². The molecule has 1 heterocycles. The fraction of sp³-hybridized carbons (Fsp3) is 0.429. The van der Waals surface area contributed by atoms with Gasteiger partial charge in [0.25, 0.3) is 0 Å². The summed E-state index contributed by atoms with van der Waals surface area (Å²) in [5.74, 6) is -0.185. The maximum absolute atomic E-state index is 13.3. The number of nitrogens with one attached hydrogen (secondary N) is 1. The first-order valence-corrected chi connectivity index (χ1v) is 13.2. The van der Waals surface area contributed by atoms with Crippen LogP contribution in [-0.2, 0) is 16.4 Å². The summed E-state index contributed by atoms with van der Waals surface area (Å²) < 4.78 is 47.8. The molecule has 0 fully saturated rings. The number of nitrogens with zero attached hydrogens (tertiary/aromatic N) is 1. The molecule has 29 heavy (non-hydrogen) atoms. The van der Waals surface area contributed by atoms with Crippen LogP contribution >= 0.6 is 10.6 Å². The normalized spacial score (nSPS) is 19.3.